The second kappa shape index (κ2) is 5.94. The molecule has 1 heterocycles. The van der Waals surface area contributed by atoms with E-state index in [2.05, 4.69) is 47.4 Å². The molecule has 100 valence electrons. The number of likely N-dealkylation sites (tertiary alicyclic amines) is 1. The van der Waals surface area contributed by atoms with E-state index in [1.807, 2.05) is 0 Å². The SMILES string of the molecule is ClCC1CCCCN1Cc1cccc2ccccc12. The molecule has 1 saturated heterocycles. The maximum absolute atomic E-state index is 6.12. The average molecular weight is 274 g/mol. The zero-order valence-corrected chi connectivity index (χ0v) is 11.9. The molecule has 0 aliphatic carbocycles. The summed E-state index contributed by atoms with van der Waals surface area (Å²) in [7, 11) is 0. The standard InChI is InChI=1S/C17H20ClN/c18-12-16-9-3-4-11-19(16)13-15-8-5-7-14-6-1-2-10-17(14)15/h1-2,5-8,10,16H,3-4,9,11-13H2. The minimum atomic E-state index is 0.550. The van der Waals surface area contributed by atoms with Gasteiger partial charge in [-0.1, -0.05) is 48.9 Å². The minimum Gasteiger partial charge on any atom is -0.295 e. The van der Waals surface area contributed by atoms with Gasteiger partial charge >= 0.3 is 0 Å². The summed E-state index contributed by atoms with van der Waals surface area (Å²) < 4.78 is 0. The zero-order chi connectivity index (χ0) is 13.1. The van der Waals surface area contributed by atoms with Crippen molar-refractivity contribution in [3.63, 3.8) is 0 Å². The predicted octanol–water partition coefficient (Wildman–Crippen LogP) is 4.43. The number of fused-ring (bicyclic) bond motifs is 1. The van der Waals surface area contributed by atoms with Crippen LogP contribution in [0.15, 0.2) is 42.5 Å². The molecular weight excluding hydrogens is 254 g/mol. The smallest absolute Gasteiger partial charge is 0.0379 e. The summed E-state index contributed by atoms with van der Waals surface area (Å²) >= 11 is 6.12. The third-order valence-corrected chi connectivity index (χ3v) is 4.54. The molecule has 1 unspecified atom stereocenters. The molecule has 0 radical (unpaired) electrons. The fourth-order valence-corrected chi connectivity index (χ4v) is 3.44. The van der Waals surface area contributed by atoms with E-state index in [0.717, 1.165) is 12.4 Å². The number of hydrogen-bond acceptors (Lipinski definition) is 1. The molecule has 19 heavy (non-hydrogen) atoms. The van der Waals surface area contributed by atoms with E-state index >= 15 is 0 Å². The molecule has 2 aromatic carbocycles. The van der Waals surface area contributed by atoms with E-state index in [4.69, 9.17) is 11.6 Å². The highest BCUT2D eigenvalue weighted by Gasteiger charge is 2.21. The van der Waals surface area contributed by atoms with E-state index in [1.165, 1.54) is 42.1 Å². The molecule has 2 aromatic rings. The molecule has 3 rings (SSSR count). The Kier molecular flexibility index (Phi) is 4.05. The Balaban J connectivity index is 1.88. The molecule has 1 fully saturated rings. The lowest BCUT2D eigenvalue weighted by Crippen LogP contribution is -2.40. The maximum Gasteiger partial charge on any atom is 0.0379 e. The van der Waals surface area contributed by atoms with Crippen LogP contribution in [-0.2, 0) is 6.54 Å². The molecule has 0 bridgehead atoms. The van der Waals surface area contributed by atoms with Gasteiger partial charge in [-0.2, -0.15) is 0 Å². The van der Waals surface area contributed by atoms with Gasteiger partial charge in [0.1, 0.15) is 0 Å². The first kappa shape index (κ1) is 13.0. The van der Waals surface area contributed by atoms with Crippen LogP contribution in [0.1, 0.15) is 24.8 Å². The first-order valence-electron chi connectivity index (χ1n) is 7.15. The fraction of sp³-hybridized carbons (Fsp3) is 0.412. The number of piperidine rings is 1. The Hall–Kier alpha value is -1.05. The molecular formula is C17H20ClN. The Bertz CT molecular complexity index is 546. The van der Waals surface area contributed by atoms with Gasteiger partial charge in [-0.3, -0.25) is 4.90 Å². The Morgan fingerprint density at radius 2 is 1.89 bits per heavy atom. The van der Waals surface area contributed by atoms with Crippen molar-refractivity contribution >= 4 is 22.4 Å². The maximum atomic E-state index is 6.12. The number of halogens is 1. The molecule has 1 nitrogen and oxygen atoms in total. The molecule has 0 aromatic heterocycles. The molecule has 0 spiro atoms. The van der Waals surface area contributed by atoms with Gasteiger partial charge in [-0.15, -0.1) is 11.6 Å². The van der Waals surface area contributed by atoms with Gasteiger partial charge in [-0.25, -0.2) is 0 Å². The molecule has 0 N–H and O–H groups in total. The third-order valence-electron chi connectivity index (χ3n) is 4.18. The number of hydrogen-bond donors (Lipinski definition) is 0. The normalized spacial score (nSPS) is 20.8. The van der Waals surface area contributed by atoms with Crippen LogP contribution in [-0.4, -0.2) is 23.4 Å². The van der Waals surface area contributed by atoms with Gasteiger partial charge in [-0.05, 0) is 35.7 Å². The second-order valence-electron chi connectivity index (χ2n) is 5.41. The zero-order valence-electron chi connectivity index (χ0n) is 11.2. The van der Waals surface area contributed by atoms with Crippen molar-refractivity contribution in [2.45, 2.75) is 31.8 Å². The van der Waals surface area contributed by atoms with Gasteiger partial charge in [0.2, 0.25) is 0 Å². The summed E-state index contributed by atoms with van der Waals surface area (Å²) in [6.45, 7) is 2.21. The summed E-state index contributed by atoms with van der Waals surface area (Å²) in [6, 6.07) is 15.8. The van der Waals surface area contributed by atoms with Crippen LogP contribution in [0.25, 0.3) is 10.8 Å². The van der Waals surface area contributed by atoms with E-state index in [9.17, 15) is 0 Å². The lowest BCUT2D eigenvalue weighted by molar-refractivity contribution is 0.155. The Labute approximate surface area is 120 Å². The van der Waals surface area contributed by atoms with Crippen molar-refractivity contribution in [2.24, 2.45) is 0 Å². The largest absolute Gasteiger partial charge is 0.295 e. The topological polar surface area (TPSA) is 3.24 Å². The van der Waals surface area contributed by atoms with Gasteiger partial charge in [0.15, 0.2) is 0 Å². The monoisotopic (exact) mass is 273 g/mol. The summed E-state index contributed by atoms with van der Waals surface area (Å²) in [5.41, 5.74) is 1.43. The van der Waals surface area contributed by atoms with Crippen LogP contribution in [0.3, 0.4) is 0 Å². The summed E-state index contributed by atoms with van der Waals surface area (Å²) in [5.74, 6) is 0.755. The Morgan fingerprint density at radius 1 is 1.05 bits per heavy atom. The summed E-state index contributed by atoms with van der Waals surface area (Å²) in [4.78, 5) is 2.55. The quantitative estimate of drug-likeness (QED) is 0.748. The predicted molar refractivity (Wildman–Crippen MR) is 82.7 cm³/mol. The number of alkyl halides is 1. The van der Waals surface area contributed by atoms with Crippen LogP contribution in [0.2, 0.25) is 0 Å². The molecule has 1 aliphatic heterocycles. The van der Waals surface area contributed by atoms with Crippen molar-refractivity contribution in [3.05, 3.63) is 48.0 Å². The molecule has 1 atom stereocenters. The van der Waals surface area contributed by atoms with Gasteiger partial charge in [0.25, 0.3) is 0 Å². The lowest BCUT2D eigenvalue weighted by atomic mass is 10.00. The summed E-state index contributed by atoms with van der Waals surface area (Å²) in [5, 5.41) is 2.71. The molecule has 0 amide bonds. The molecule has 0 saturated carbocycles. The lowest BCUT2D eigenvalue weighted by Gasteiger charge is -2.34. The van der Waals surface area contributed by atoms with Gasteiger partial charge in [0, 0.05) is 18.5 Å². The van der Waals surface area contributed by atoms with Crippen LogP contribution in [0, 0.1) is 0 Å². The first-order chi connectivity index (χ1) is 9.38. The summed E-state index contributed by atoms with van der Waals surface area (Å²) in [6.07, 6.45) is 3.87. The number of rotatable bonds is 3. The van der Waals surface area contributed by atoms with Crippen molar-refractivity contribution in [1.82, 2.24) is 4.90 Å². The van der Waals surface area contributed by atoms with Crippen LogP contribution < -0.4 is 0 Å². The van der Waals surface area contributed by atoms with Gasteiger partial charge in [0.05, 0.1) is 0 Å². The van der Waals surface area contributed by atoms with Crippen molar-refractivity contribution < 1.29 is 0 Å². The fourth-order valence-electron chi connectivity index (χ4n) is 3.09. The van der Waals surface area contributed by atoms with Crippen molar-refractivity contribution in [3.8, 4) is 0 Å². The van der Waals surface area contributed by atoms with Gasteiger partial charge < -0.3 is 0 Å². The van der Waals surface area contributed by atoms with Crippen LogP contribution >= 0.6 is 11.6 Å². The van der Waals surface area contributed by atoms with E-state index in [-0.39, 0.29) is 0 Å². The minimum absolute atomic E-state index is 0.550. The average Bonchev–Trinajstić information content (AvgIpc) is 2.48. The number of nitrogens with zero attached hydrogens (tertiary/aromatic N) is 1. The molecule has 2 heteroatoms. The molecule has 1 aliphatic rings. The Morgan fingerprint density at radius 3 is 2.79 bits per heavy atom. The number of benzene rings is 2. The van der Waals surface area contributed by atoms with Crippen molar-refractivity contribution in [2.75, 3.05) is 12.4 Å². The third kappa shape index (κ3) is 2.77. The van der Waals surface area contributed by atoms with E-state index in [1.54, 1.807) is 0 Å². The first-order valence-corrected chi connectivity index (χ1v) is 7.68. The van der Waals surface area contributed by atoms with E-state index < -0.39 is 0 Å². The second-order valence-corrected chi connectivity index (χ2v) is 5.72. The van der Waals surface area contributed by atoms with Crippen molar-refractivity contribution in [1.29, 1.82) is 0 Å². The van der Waals surface area contributed by atoms with Crippen LogP contribution in [0.5, 0.6) is 0 Å². The van der Waals surface area contributed by atoms with E-state index in [0.29, 0.717) is 6.04 Å². The highest BCUT2D eigenvalue weighted by molar-refractivity contribution is 6.18. The van der Waals surface area contributed by atoms with Crippen LogP contribution in [0.4, 0.5) is 0 Å². The highest BCUT2D eigenvalue weighted by Crippen LogP contribution is 2.24. The highest BCUT2D eigenvalue weighted by atomic mass is 35.5.